The van der Waals surface area contributed by atoms with Crippen LogP contribution in [0.3, 0.4) is 0 Å². The molecule has 1 atom stereocenters. The molecule has 6 nitrogen and oxygen atoms in total. The number of piperidine rings is 1. The van der Waals surface area contributed by atoms with E-state index in [1.54, 1.807) is 6.92 Å². The minimum absolute atomic E-state index is 0.226. The molecule has 0 bridgehead atoms. The van der Waals surface area contributed by atoms with Crippen LogP contribution in [0.1, 0.15) is 44.6 Å². The Morgan fingerprint density at radius 2 is 1.88 bits per heavy atom. The molecule has 142 valence electrons. The number of aryl methyl sites for hydroxylation is 1. The number of carbonyl (C=O) groups is 3. The van der Waals surface area contributed by atoms with Crippen molar-refractivity contribution < 1.29 is 23.9 Å². The summed E-state index contributed by atoms with van der Waals surface area (Å²) < 4.78 is 9.86. The second-order valence-electron chi connectivity index (χ2n) is 6.50. The molecular weight excluding hydrogens is 334 g/mol. The summed E-state index contributed by atoms with van der Waals surface area (Å²) in [5.41, 5.74) is 0.0692. The van der Waals surface area contributed by atoms with Gasteiger partial charge >= 0.3 is 12.1 Å². The van der Waals surface area contributed by atoms with Crippen LogP contribution in [0, 0.1) is 0 Å². The number of ketones is 1. The fourth-order valence-electron chi connectivity index (χ4n) is 3.61. The molecule has 1 aromatic carbocycles. The summed E-state index contributed by atoms with van der Waals surface area (Å²) >= 11 is 0. The lowest BCUT2D eigenvalue weighted by Gasteiger charge is -2.45. The highest BCUT2D eigenvalue weighted by Gasteiger charge is 2.48. The third kappa shape index (κ3) is 4.62. The normalized spacial score (nSPS) is 19.7. The van der Waals surface area contributed by atoms with Gasteiger partial charge in [-0.15, -0.1) is 0 Å². The van der Waals surface area contributed by atoms with Crippen molar-refractivity contribution in [3.05, 3.63) is 35.9 Å². The minimum atomic E-state index is -1.02. The van der Waals surface area contributed by atoms with Crippen molar-refractivity contribution in [3.8, 4) is 0 Å². The van der Waals surface area contributed by atoms with Gasteiger partial charge in [0.15, 0.2) is 5.78 Å². The first-order chi connectivity index (χ1) is 12.5. The molecule has 1 saturated heterocycles. The topological polar surface area (TPSA) is 72.9 Å². The molecule has 0 N–H and O–H groups in total. The van der Waals surface area contributed by atoms with E-state index in [9.17, 15) is 14.4 Å². The first kappa shape index (κ1) is 19.9. The number of Topliss-reactive ketones (excluding diaryl/α,β-unsaturated/α-hetero) is 1. The number of amides is 1. The van der Waals surface area contributed by atoms with Gasteiger partial charge < -0.3 is 9.47 Å². The van der Waals surface area contributed by atoms with Crippen LogP contribution >= 0.6 is 0 Å². The fraction of sp³-hybridized carbons (Fsp3) is 0.550. The second kappa shape index (κ2) is 9.36. The van der Waals surface area contributed by atoms with Gasteiger partial charge in [0.25, 0.3) is 0 Å². The van der Waals surface area contributed by atoms with Crippen molar-refractivity contribution in [1.29, 1.82) is 0 Å². The van der Waals surface area contributed by atoms with Crippen LogP contribution in [0.25, 0.3) is 0 Å². The van der Waals surface area contributed by atoms with E-state index in [0.717, 1.165) is 18.4 Å². The van der Waals surface area contributed by atoms with Crippen LogP contribution in [-0.4, -0.2) is 48.5 Å². The van der Waals surface area contributed by atoms with Crippen LogP contribution < -0.4 is 0 Å². The van der Waals surface area contributed by atoms with Gasteiger partial charge in [-0.25, -0.2) is 4.79 Å². The molecule has 1 unspecified atom stereocenters. The summed E-state index contributed by atoms with van der Waals surface area (Å²) in [7, 11) is 1.31. The van der Waals surface area contributed by atoms with Gasteiger partial charge in [0, 0.05) is 6.54 Å². The van der Waals surface area contributed by atoms with Crippen molar-refractivity contribution in [1.82, 2.24) is 4.90 Å². The number of hydrogen-bond acceptors (Lipinski definition) is 5. The zero-order chi connectivity index (χ0) is 19.0. The smallest absolute Gasteiger partial charge is 0.410 e. The molecule has 0 radical (unpaired) electrons. The Bertz CT molecular complexity index is 630. The van der Waals surface area contributed by atoms with E-state index in [-0.39, 0.29) is 18.8 Å². The van der Waals surface area contributed by atoms with Gasteiger partial charge in [0.2, 0.25) is 0 Å². The van der Waals surface area contributed by atoms with Crippen LogP contribution in [0.2, 0.25) is 0 Å². The maximum Gasteiger partial charge on any atom is 0.410 e. The number of likely N-dealkylation sites (tertiary alicyclic amines) is 1. The SMILES string of the molecule is CCOC(=O)CC(=O)C1(CCc2ccccc2)CCCCN1C(=O)OC. The molecule has 1 aliphatic rings. The molecule has 0 saturated carbocycles. The lowest BCUT2D eigenvalue weighted by atomic mass is 9.77. The quantitative estimate of drug-likeness (QED) is 0.551. The fourth-order valence-corrected chi connectivity index (χ4v) is 3.61. The molecule has 2 rings (SSSR count). The Hall–Kier alpha value is -2.37. The van der Waals surface area contributed by atoms with Crippen molar-refractivity contribution in [3.63, 3.8) is 0 Å². The highest BCUT2D eigenvalue weighted by Crippen LogP contribution is 2.35. The molecule has 1 heterocycles. The van der Waals surface area contributed by atoms with E-state index in [1.807, 2.05) is 30.3 Å². The van der Waals surface area contributed by atoms with Gasteiger partial charge in [0.05, 0.1) is 13.7 Å². The van der Waals surface area contributed by atoms with Crippen molar-refractivity contribution >= 4 is 17.8 Å². The Morgan fingerprint density at radius 3 is 2.54 bits per heavy atom. The Labute approximate surface area is 154 Å². The van der Waals surface area contributed by atoms with Crippen LogP contribution in [0.5, 0.6) is 0 Å². The maximum absolute atomic E-state index is 13.1. The summed E-state index contributed by atoms with van der Waals surface area (Å²) in [6.07, 6.45) is 2.44. The zero-order valence-corrected chi connectivity index (χ0v) is 15.5. The van der Waals surface area contributed by atoms with E-state index in [2.05, 4.69) is 0 Å². The number of carbonyl (C=O) groups excluding carboxylic acids is 3. The van der Waals surface area contributed by atoms with Crippen LogP contribution in [-0.2, 0) is 25.5 Å². The van der Waals surface area contributed by atoms with Crippen LogP contribution in [0.15, 0.2) is 30.3 Å². The molecule has 0 aliphatic carbocycles. The molecule has 6 heteroatoms. The highest BCUT2D eigenvalue weighted by molar-refractivity contribution is 6.02. The zero-order valence-electron chi connectivity index (χ0n) is 15.5. The van der Waals surface area contributed by atoms with E-state index in [0.29, 0.717) is 25.8 Å². The number of hydrogen-bond donors (Lipinski definition) is 0. The molecule has 0 spiro atoms. The monoisotopic (exact) mass is 361 g/mol. The number of benzene rings is 1. The standard InChI is InChI=1S/C20H27NO5/c1-3-26-18(23)15-17(22)20(13-11-16-9-5-4-6-10-16)12-7-8-14-21(20)19(24)25-2/h4-6,9-10H,3,7-8,11-15H2,1-2H3. The molecule has 26 heavy (non-hydrogen) atoms. The largest absolute Gasteiger partial charge is 0.466 e. The van der Waals surface area contributed by atoms with Gasteiger partial charge in [0.1, 0.15) is 12.0 Å². The van der Waals surface area contributed by atoms with Gasteiger partial charge in [-0.3, -0.25) is 14.5 Å². The van der Waals surface area contributed by atoms with E-state index in [1.165, 1.54) is 12.0 Å². The number of rotatable bonds is 7. The Balaban J connectivity index is 2.27. The molecule has 0 aromatic heterocycles. The predicted octanol–water partition coefficient (Wildman–Crippen LogP) is 3.13. The Morgan fingerprint density at radius 1 is 1.15 bits per heavy atom. The summed E-state index contributed by atoms with van der Waals surface area (Å²) in [5.74, 6) is -0.816. The predicted molar refractivity (Wildman–Crippen MR) is 96.7 cm³/mol. The number of esters is 1. The van der Waals surface area contributed by atoms with Gasteiger partial charge in [-0.2, -0.15) is 0 Å². The van der Waals surface area contributed by atoms with Crippen molar-refractivity contribution in [2.75, 3.05) is 20.3 Å². The number of nitrogens with zero attached hydrogens (tertiary/aromatic N) is 1. The van der Waals surface area contributed by atoms with Gasteiger partial charge in [-0.05, 0) is 44.6 Å². The average molecular weight is 361 g/mol. The first-order valence-electron chi connectivity index (χ1n) is 9.12. The van der Waals surface area contributed by atoms with Crippen molar-refractivity contribution in [2.45, 2.75) is 51.0 Å². The number of ether oxygens (including phenoxy) is 2. The molecule has 1 fully saturated rings. The van der Waals surface area contributed by atoms with E-state index >= 15 is 0 Å². The summed E-state index contributed by atoms with van der Waals surface area (Å²) in [6.45, 7) is 2.38. The molecule has 1 aliphatic heterocycles. The third-order valence-corrected chi connectivity index (χ3v) is 4.93. The minimum Gasteiger partial charge on any atom is -0.466 e. The van der Waals surface area contributed by atoms with Crippen molar-refractivity contribution in [2.24, 2.45) is 0 Å². The maximum atomic E-state index is 13.1. The van der Waals surface area contributed by atoms with E-state index in [4.69, 9.17) is 9.47 Å². The second-order valence-corrected chi connectivity index (χ2v) is 6.50. The lowest BCUT2D eigenvalue weighted by molar-refractivity contribution is -0.149. The Kier molecular flexibility index (Phi) is 7.18. The molecular formula is C20H27NO5. The van der Waals surface area contributed by atoms with Gasteiger partial charge in [-0.1, -0.05) is 30.3 Å². The highest BCUT2D eigenvalue weighted by atomic mass is 16.5. The first-order valence-corrected chi connectivity index (χ1v) is 9.12. The average Bonchev–Trinajstić information content (AvgIpc) is 2.66. The molecule has 1 amide bonds. The van der Waals surface area contributed by atoms with E-state index < -0.39 is 17.6 Å². The third-order valence-electron chi connectivity index (χ3n) is 4.93. The molecule has 1 aromatic rings. The summed E-state index contributed by atoms with van der Waals surface area (Å²) in [6, 6.07) is 9.82. The summed E-state index contributed by atoms with van der Waals surface area (Å²) in [4.78, 5) is 38.8. The lowest BCUT2D eigenvalue weighted by Crippen LogP contribution is -2.60. The number of methoxy groups -OCH3 is 1. The summed E-state index contributed by atoms with van der Waals surface area (Å²) in [5, 5.41) is 0. The van der Waals surface area contributed by atoms with Crippen LogP contribution in [0.4, 0.5) is 4.79 Å².